The summed E-state index contributed by atoms with van der Waals surface area (Å²) < 4.78 is 25.7. The summed E-state index contributed by atoms with van der Waals surface area (Å²) >= 11 is 0. The molecule has 9 heteroatoms. The molecule has 2 N–H and O–H groups in total. The third-order valence-electron chi connectivity index (χ3n) is 5.34. The zero-order valence-corrected chi connectivity index (χ0v) is 19.5. The van der Waals surface area contributed by atoms with Crippen LogP contribution in [-0.4, -0.2) is 46.3 Å². The zero-order valence-electron chi connectivity index (χ0n) is 19.5. The lowest BCUT2D eigenvalue weighted by Gasteiger charge is -2.25. The highest BCUT2D eigenvalue weighted by atomic mass is 19.1. The highest BCUT2D eigenvalue weighted by molar-refractivity contribution is 5.73. The van der Waals surface area contributed by atoms with Crippen LogP contribution in [0.2, 0.25) is 0 Å². The average molecular weight is 470 g/mol. The van der Waals surface area contributed by atoms with Crippen LogP contribution in [0.4, 0.5) is 10.2 Å². The SMILES string of the molecule is COc1ccc(F)c(-c2ncc(COc3cccc([C@H](O)CC(=O)O)c3)nc2N(C)C(C)C)c1. The molecule has 0 saturated heterocycles. The minimum absolute atomic E-state index is 0.0743. The standard InChI is InChI=1S/C25H28FN3O5/c1-15(2)29(3)25-24(20-11-18(33-4)8-9-21(20)26)27-13-17(28-25)14-34-19-7-5-6-16(10-19)22(30)12-23(31)32/h5-11,13,15,22,30H,12,14H2,1-4H3,(H,31,32)/t22-/m1/s1. The number of hydrogen-bond donors (Lipinski definition) is 2. The number of aliphatic hydroxyl groups is 1. The quantitative estimate of drug-likeness (QED) is 0.455. The van der Waals surface area contributed by atoms with Gasteiger partial charge >= 0.3 is 5.97 Å². The van der Waals surface area contributed by atoms with E-state index in [2.05, 4.69) is 9.97 Å². The molecule has 8 nitrogen and oxygen atoms in total. The molecule has 1 atom stereocenters. The summed E-state index contributed by atoms with van der Waals surface area (Å²) in [6.07, 6.45) is -0.0128. The summed E-state index contributed by atoms with van der Waals surface area (Å²) in [5, 5.41) is 18.9. The molecule has 3 aromatic rings. The molecular weight excluding hydrogens is 441 g/mol. The van der Waals surface area contributed by atoms with Gasteiger partial charge in [0.05, 0.1) is 31.5 Å². The molecule has 0 aliphatic carbocycles. The van der Waals surface area contributed by atoms with Crippen molar-refractivity contribution >= 4 is 11.8 Å². The van der Waals surface area contributed by atoms with E-state index >= 15 is 0 Å². The summed E-state index contributed by atoms with van der Waals surface area (Å²) in [7, 11) is 3.37. The van der Waals surface area contributed by atoms with Crippen LogP contribution in [0, 0.1) is 5.82 Å². The second-order valence-corrected chi connectivity index (χ2v) is 8.06. The van der Waals surface area contributed by atoms with Gasteiger partial charge in [-0.05, 0) is 49.7 Å². The summed E-state index contributed by atoms with van der Waals surface area (Å²) in [6, 6.07) is 11.1. The van der Waals surface area contributed by atoms with E-state index in [0.29, 0.717) is 34.3 Å². The van der Waals surface area contributed by atoms with Crippen LogP contribution in [-0.2, 0) is 11.4 Å². The molecule has 0 fully saturated rings. The van der Waals surface area contributed by atoms with Crippen LogP contribution in [0.5, 0.6) is 11.5 Å². The predicted octanol–water partition coefficient (Wildman–Crippen LogP) is 4.22. The Hall–Kier alpha value is -3.72. The van der Waals surface area contributed by atoms with E-state index in [-0.39, 0.29) is 18.2 Å². The lowest BCUT2D eigenvalue weighted by molar-refractivity contribution is -0.139. The number of carboxylic acid groups (broad SMARTS) is 1. The van der Waals surface area contributed by atoms with Gasteiger partial charge in [0.15, 0.2) is 5.82 Å². The van der Waals surface area contributed by atoms with Gasteiger partial charge in [-0.1, -0.05) is 12.1 Å². The van der Waals surface area contributed by atoms with Crippen LogP contribution in [0.1, 0.15) is 37.6 Å². The maximum absolute atomic E-state index is 14.7. The fourth-order valence-corrected chi connectivity index (χ4v) is 3.23. The molecule has 0 aliphatic heterocycles. The monoisotopic (exact) mass is 469 g/mol. The Morgan fingerprint density at radius 2 is 1.94 bits per heavy atom. The van der Waals surface area contributed by atoms with Crippen molar-refractivity contribution in [2.45, 2.75) is 39.0 Å². The number of carboxylic acids is 1. The largest absolute Gasteiger partial charge is 0.497 e. The number of methoxy groups -OCH3 is 1. The Kier molecular flexibility index (Phi) is 8.01. The third kappa shape index (κ3) is 5.99. The summed E-state index contributed by atoms with van der Waals surface area (Å²) in [5.41, 5.74) is 1.62. The molecular formula is C25H28FN3O5. The number of halogens is 1. The van der Waals surface area contributed by atoms with Gasteiger partial charge < -0.3 is 24.6 Å². The molecule has 0 amide bonds. The van der Waals surface area contributed by atoms with E-state index < -0.39 is 24.3 Å². The molecule has 0 aliphatic rings. The van der Waals surface area contributed by atoms with Crippen LogP contribution in [0.25, 0.3) is 11.3 Å². The van der Waals surface area contributed by atoms with E-state index in [1.54, 1.807) is 36.4 Å². The summed E-state index contributed by atoms with van der Waals surface area (Å²) in [4.78, 5) is 21.9. The van der Waals surface area contributed by atoms with Gasteiger partial charge in [-0.3, -0.25) is 9.78 Å². The highest BCUT2D eigenvalue weighted by Gasteiger charge is 2.20. The number of anilines is 1. The number of nitrogens with zero attached hydrogens (tertiary/aromatic N) is 3. The highest BCUT2D eigenvalue weighted by Crippen LogP contribution is 2.32. The molecule has 0 bridgehead atoms. The molecule has 0 spiro atoms. The summed E-state index contributed by atoms with van der Waals surface area (Å²) in [6.45, 7) is 4.06. The van der Waals surface area contributed by atoms with Gasteiger partial charge in [0.2, 0.25) is 0 Å². The number of benzene rings is 2. The first kappa shape index (κ1) is 24.9. The number of rotatable bonds is 10. The Balaban J connectivity index is 1.88. The van der Waals surface area contributed by atoms with Gasteiger partial charge in [0.1, 0.15) is 29.6 Å². The van der Waals surface area contributed by atoms with E-state index in [9.17, 15) is 14.3 Å². The van der Waals surface area contributed by atoms with E-state index in [4.69, 9.17) is 14.6 Å². The smallest absolute Gasteiger partial charge is 0.306 e. The van der Waals surface area contributed by atoms with Crippen molar-refractivity contribution in [3.05, 3.63) is 65.7 Å². The van der Waals surface area contributed by atoms with Crippen molar-refractivity contribution in [2.75, 3.05) is 19.1 Å². The van der Waals surface area contributed by atoms with Crippen molar-refractivity contribution in [3.63, 3.8) is 0 Å². The van der Waals surface area contributed by atoms with Crippen molar-refractivity contribution in [1.29, 1.82) is 0 Å². The first-order valence-electron chi connectivity index (χ1n) is 10.7. The van der Waals surface area contributed by atoms with Crippen molar-refractivity contribution < 1.29 is 28.9 Å². The number of ether oxygens (including phenoxy) is 2. The molecule has 0 unspecified atom stereocenters. The lowest BCUT2D eigenvalue weighted by Crippen LogP contribution is -2.28. The third-order valence-corrected chi connectivity index (χ3v) is 5.34. The molecule has 1 heterocycles. The minimum atomic E-state index is -1.14. The molecule has 34 heavy (non-hydrogen) atoms. The van der Waals surface area contributed by atoms with E-state index in [0.717, 1.165) is 0 Å². The zero-order chi connectivity index (χ0) is 24.8. The second-order valence-electron chi connectivity index (χ2n) is 8.06. The second kappa shape index (κ2) is 10.9. The lowest BCUT2D eigenvalue weighted by atomic mass is 10.1. The molecule has 2 aromatic carbocycles. The van der Waals surface area contributed by atoms with Gasteiger partial charge in [-0.2, -0.15) is 0 Å². The predicted molar refractivity (Wildman–Crippen MR) is 126 cm³/mol. The van der Waals surface area contributed by atoms with Gasteiger partial charge in [-0.25, -0.2) is 9.37 Å². The van der Waals surface area contributed by atoms with Gasteiger partial charge in [-0.15, -0.1) is 0 Å². The minimum Gasteiger partial charge on any atom is -0.497 e. The van der Waals surface area contributed by atoms with Crippen LogP contribution < -0.4 is 14.4 Å². The van der Waals surface area contributed by atoms with Crippen LogP contribution in [0.15, 0.2) is 48.7 Å². The average Bonchev–Trinajstić information content (AvgIpc) is 2.82. The van der Waals surface area contributed by atoms with E-state index in [1.807, 2.05) is 25.8 Å². The molecule has 3 rings (SSSR count). The number of hydrogen-bond acceptors (Lipinski definition) is 7. The van der Waals surface area contributed by atoms with Crippen LogP contribution in [0.3, 0.4) is 0 Å². The molecule has 1 aromatic heterocycles. The maximum Gasteiger partial charge on any atom is 0.306 e. The maximum atomic E-state index is 14.7. The molecule has 0 radical (unpaired) electrons. The fraction of sp³-hybridized carbons (Fsp3) is 0.320. The van der Waals surface area contributed by atoms with Crippen molar-refractivity contribution in [1.82, 2.24) is 9.97 Å². The Morgan fingerprint density at radius 3 is 2.62 bits per heavy atom. The van der Waals surface area contributed by atoms with Crippen LogP contribution >= 0.6 is 0 Å². The first-order chi connectivity index (χ1) is 16.2. The molecule has 0 saturated carbocycles. The fourth-order valence-electron chi connectivity index (χ4n) is 3.23. The summed E-state index contributed by atoms with van der Waals surface area (Å²) in [5.74, 6) is -0.0780. The van der Waals surface area contributed by atoms with E-state index in [1.165, 1.54) is 19.4 Å². The topological polar surface area (TPSA) is 105 Å². The van der Waals surface area contributed by atoms with Crippen molar-refractivity contribution in [2.24, 2.45) is 0 Å². The normalized spacial score (nSPS) is 11.9. The number of aliphatic carboxylic acids is 1. The Bertz CT molecular complexity index is 1160. The number of aromatic nitrogens is 2. The number of carbonyl (C=O) groups is 1. The Labute approximate surface area is 197 Å². The van der Waals surface area contributed by atoms with Gasteiger partial charge in [0, 0.05) is 18.7 Å². The first-order valence-corrected chi connectivity index (χ1v) is 10.7. The van der Waals surface area contributed by atoms with Crippen molar-refractivity contribution in [3.8, 4) is 22.8 Å². The van der Waals surface area contributed by atoms with Gasteiger partial charge in [0.25, 0.3) is 0 Å². The Morgan fingerprint density at radius 1 is 1.18 bits per heavy atom. The molecule has 180 valence electrons. The number of aliphatic hydroxyl groups excluding tert-OH is 1.